The van der Waals surface area contributed by atoms with Gasteiger partial charge in [0.2, 0.25) is 0 Å². The third-order valence-corrected chi connectivity index (χ3v) is 5.34. The van der Waals surface area contributed by atoms with Crippen molar-refractivity contribution in [3.8, 4) is 11.8 Å². The van der Waals surface area contributed by atoms with Crippen molar-refractivity contribution in [1.29, 1.82) is 5.26 Å². The first-order valence-corrected chi connectivity index (χ1v) is 10.0. The number of carbonyl (C=O) groups excluding carboxylic acids is 1. The second-order valence-electron chi connectivity index (χ2n) is 6.95. The van der Waals surface area contributed by atoms with Crippen molar-refractivity contribution in [3.05, 3.63) is 86.7 Å². The van der Waals surface area contributed by atoms with Gasteiger partial charge in [-0.05, 0) is 74.0 Å². The minimum Gasteiger partial charge on any atom is -0.320 e. The molecule has 1 heterocycles. The third-order valence-electron chi connectivity index (χ3n) is 4.76. The topological polar surface area (TPSA) is 57.8 Å². The van der Waals surface area contributed by atoms with Crippen molar-refractivity contribution in [2.24, 2.45) is 0 Å². The molecule has 0 aliphatic rings. The Kier molecular flexibility index (Phi) is 6.68. The third kappa shape index (κ3) is 4.98. The van der Waals surface area contributed by atoms with Gasteiger partial charge >= 0.3 is 6.18 Å². The molecule has 3 aromatic rings. The number of carbonyl (C=O) groups is 1. The highest BCUT2D eigenvalue weighted by Crippen LogP contribution is 2.34. The zero-order valence-electron chi connectivity index (χ0n) is 16.9. The van der Waals surface area contributed by atoms with Crippen molar-refractivity contribution in [2.75, 3.05) is 5.32 Å². The minimum absolute atomic E-state index is 0.0791. The molecule has 2 aromatic carbocycles. The summed E-state index contributed by atoms with van der Waals surface area (Å²) in [5, 5.41) is 12.3. The number of rotatable bonds is 4. The number of amides is 1. The molecule has 3 rings (SSSR count). The number of hydrogen-bond donors (Lipinski definition) is 1. The van der Waals surface area contributed by atoms with Crippen LogP contribution in [0.3, 0.4) is 0 Å². The smallest absolute Gasteiger partial charge is 0.320 e. The maximum Gasteiger partial charge on any atom is 0.416 e. The molecule has 0 saturated carbocycles. The molecule has 32 heavy (non-hydrogen) atoms. The van der Waals surface area contributed by atoms with E-state index in [1.54, 1.807) is 24.3 Å². The molecule has 1 aromatic heterocycles. The summed E-state index contributed by atoms with van der Waals surface area (Å²) < 4.78 is 40.8. The molecule has 0 atom stereocenters. The van der Waals surface area contributed by atoms with Gasteiger partial charge < -0.3 is 9.88 Å². The molecule has 0 fully saturated rings. The Morgan fingerprint density at radius 2 is 1.75 bits per heavy atom. The predicted octanol–water partition coefficient (Wildman–Crippen LogP) is 6.97. The zero-order chi connectivity index (χ0) is 23.6. The number of alkyl halides is 3. The lowest BCUT2D eigenvalue weighted by molar-refractivity contribution is -0.137. The summed E-state index contributed by atoms with van der Waals surface area (Å²) >= 11 is 11.9. The number of nitrogens with zero attached hydrogens (tertiary/aromatic N) is 2. The summed E-state index contributed by atoms with van der Waals surface area (Å²) in [7, 11) is 0. The number of halogens is 5. The Morgan fingerprint density at radius 3 is 2.34 bits per heavy atom. The fourth-order valence-corrected chi connectivity index (χ4v) is 3.50. The van der Waals surface area contributed by atoms with E-state index in [9.17, 15) is 23.2 Å². The number of aryl methyl sites for hydroxylation is 1. The molecular formula is C23H16Cl2F3N3O. The first kappa shape index (κ1) is 23.5. The maximum absolute atomic E-state index is 13.0. The maximum atomic E-state index is 13.0. The van der Waals surface area contributed by atoms with Crippen molar-refractivity contribution < 1.29 is 18.0 Å². The van der Waals surface area contributed by atoms with E-state index in [2.05, 4.69) is 5.32 Å². The number of nitrogens with one attached hydrogen (secondary N) is 1. The van der Waals surface area contributed by atoms with Gasteiger partial charge in [-0.15, -0.1) is 0 Å². The van der Waals surface area contributed by atoms with Gasteiger partial charge in [-0.1, -0.05) is 23.2 Å². The lowest BCUT2D eigenvalue weighted by atomic mass is 10.1. The lowest BCUT2D eigenvalue weighted by Gasteiger charge is -2.11. The van der Waals surface area contributed by atoms with Crippen molar-refractivity contribution >= 4 is 40.9 Å². The normalized spacial score (nSPS) is 11.9. The van der Waals surface area contributed by atoms with E-state index < -0.39 is 17.6 Å². The largest absolute Gasteiger partial charge is 0.416 e. The minimum atomic E-state index is -4.60. The van der Waals surface area contributed by atoms with Gasteiger partial charge in [-0.25, -0.2) is 0 Å². The van der Waals surface area contributed by atoms with E-state index in [0.717, 1.165) is 35.3 Å². The zero-order valence-corrected chi connectivity index (χ0v) is 18.4. The molecule has 164 valence electrons. The number of nitriles is 1. The molecule has 0 spiro atoms. The second-order valence-corrected chi connectivity index (χ2v) is 7.80. The van der Waals surface area contributed by atoms with Crippen LogP contribution in [0.2, 0.25) is 10.0 Å². The fourth-order valence-electron chi connectivity index (χ4n) is 3.21. The summed E-state index contributed by atoms with van der Waals surface area (Å²) in [5.74, 6) is -0.870. The molecular weight excluding hydrogens is 462 g/mol. The quantitative estimate of drug-likeness (QED) is 0.325. The molecule has 4 nitrogen and oxygen atoms in total. The van der Waals surface area contributed by atoms with E-state index in [4.69, 9.17) is 23.2 Å². The van der Waals surface area contributed by atoms with Gasteiger partial charge in [0.1, 0.15) is 11.6 Å². The molecule has 1 N–H and O–H groups in total. The Hall–Kier alpha value is -3.21. The van der Waals surface area contributed by atoms with Crippen LogP contribution < -0.4 is 5.32 Å². The summed E-state index contributed by atoms with van der Waals surface area (Å²) in [6, 6.07) is 13.3. The van der Waals surface area contributed by atoms with Gasteiger partial charge in [0.15, 0.2) is 0 Å². The SMILES string of the molecule is Cc1cc(C=C(C#N)C(=O)Nc2cc(C(F)(F)F)ccc2Cl)c(C)n1-c1ccc(Cl)cc1. The van der Waals surface area contributed by atoms with E-state index in [1.165, 1.54) is 6.08 Å². The summed E-state index contributed by atoms with van der Waals surface area (Å²) in [5.41, 5.74) is 1.60. The van der Waals surface area contributed by atoms with Crippen LogP contribution in [-0.2, 0) is 11.0 Å². The highest BCUT2D eigenvalue weighted by Gasteiger charge is 2.31. The number of anilines is 1. The van der Waals surface area contributed by atoms with Crippen LogP contribution in [0.15, 0.2) is 54.1 Å². The van der Waals surface area contributed by atoms with Gasteiger partial charge in [0, 0.05) is 22.1 Å². The Morgan fingerprint density at radius 1 is 1.09 bits per heavy atom. The van der Waals surface area contributed by atoms with E-state index in [-0.39, 0.29) is 16.3 Å². The Balaban J connectivity index is 1.94. The summed E-state index contributed by atoms with van der Waals surface area (Å²) in [4.78, 5) is 12.6. The molecule has 0 unspecified atom stereocenters. The van der Waals surface area contributed by atoms with Crippen LogP contribution in [-0.4, -0.2) is 10.5 Å². The van der Waals surface area contributed by atoms with Gasteiger partial charge in [0.25, 0.3) is 5.91 Å². The Labute approximate surface area is 192 Å². The van der Waals surface area contributed by atoms with Crippen LogP contribution in [0, 0.1) is 25.2 Å². The average Bonchev–Trinajstić information content (AvgIpc) is 3.00. The van der Waals surface area contributed by atoms with Gasteiger partial charge in [-0.2, -0.15) is 18.4 Å². The average molecular weight is 478 g/mol. The van der Waals surface area contributed by atoms with Crippen molar-refractivity contribution in [2.45, 2.75) is 20.0 Å². The number of benzene rings is 2. The second kappa shape index (κ2) is 9.11. The lowest BCUT2D eigenvalue weighted by Crippen LogP contribution is -2.15. The molecule has 0 aliphatic carbocycles. The van der Waals surface area contributed by atoms with Crippen molar-refractivity contribution in [1.82, 2.24) is 4.57 Å². The van der Waals surface area contributed by atoms with Crippen LogP contribution >= 0.6 is 23.2 Å². The predicted molar refractivity (Wildman–Crippen MR) is 119 cm³/mol. The van der Waals surface area contributed by atoms with Crippen LogP contribution in [0.5, 0.6) is 0 Å². The van der Waals surface area contributed by atoms with Gasteiger partial charge in [0.05, 0.1) is 16.3 Å². The Bertz CT molecular complexity index is 1250. The highest BCUT2D eigenvalue weighted by atomic mass is 35.5. The van der Waals surface area contributed by atoms with E-state index >= 15 is 0 Å². The molecule has 9 heteroatoms. The molecule has 0 radical (unpaired) electrons. The highest BCUT2D eigenvalue weighted by molar-refractivity contribution is 6.34. The fraction of sp³-hybridized carbons (Fsp3) is 0.130. The number of hydrogen-bond acceptors (Lipinski definition) is 2. The molecule has 0 aliphatic heterocycles. The van der Waals surface area contributed by atoms with Crippen LogP contribution in [0.25, 0.3) is 11.8 Å². The van der Waals surface area contributed by atoms with Gasteiger partial charge in [-0.3, -0.25) is 4.79 Å². The first-order chi connectivity index (χ1) is 15.0. The van der Waals surface area contributed by atoms with Crippen LogP contribution in [0.1, 0.15) is 22.5 Å². The first-order valence-electron chi connectivity index (χ1n) is 9.26. The van der Waals surface area contributed by atoms with Crippen LogP contribution in [0.4, 0.5) is 18.9 Å². The standard InChI is InChI=1S/C23H16Cl2F3N3O/c1-13-9-15(14(2)31(13)19-6-4-18(24)5-7-19)10-16(12-29)22(32)30-21-11-17(23(26,27)28)3-8-20(21)25/h3-11H,1-2H3,(H,30,32). The monoisotopic (exact) mass is 477 g/mol. The molecule has 0 saturated heterocycles. The van der Waals surface area contributed by atoms with E-state index in [1.807, 2.05) is 30.5 Å². The van der Waals surface area contributed by atoms with Crippen molar-refractivity contribution in [3.63, 3.8) is 0 Å². The number of aromatic nitrogens is 1. The van der Waals surface area contributed by atoms with E-state index in [0.29, 0.717) is 10.6 Å². The molecule has 1 amide bonds. The summed E-state index contributed by atoms with van der Waals surface area (Å²) in [6.45, 7) is 3.69. The molecule has 0 bridgehead atoms. The summed E-state index contributed by atoms with van der Waals surface area (Å²) in [6.07, 6.45) is -3.22.